The van der Waals surface area contributed by atoms with Crippen molar-refractivity contribution in [1.29, 1.82) is 0 Å². The quantitative estimate of drug-likeness (QED) is 0.624. The maximum Gasteiger partial charge on any atom is 0.238 e. The highest BCUT2D eigenvalue weighted by Crippen LogP contribution is 2.24. The predicted molar refractivity (Wildman–Crippen MR) is 103 cm³/mol. The summed E-state index contributed by atoms with van der Waals surface area (Å²) >= 11 is 0. The second-order valence-corrected chi connectivity index (χ2v) is 6.71. The predicted octanol–water partition coefficient (Wildman–Crippen LogP) is 3.23. The molecule has 2 unspecified atom stereocenters. The van der Waals surface area contributed by atoms with Gasteiger partial charge in [-0.3, -0.25) is 4.79 Å². The highest BCUT2D eigenvalue weighted by Gasteiger charge is 2.30. The topological polar surface area (TPSA) is 62.4 Å². The number of rotatable bonds is 8. The van der Waals surface area contributed by atoms with Crippen LogP contribution in [0.4, 0.5) is 4.39 Å². The molecule has 5 nitrogen and oxygen atoms in total. The van der Waals surface area contributed by atoms with E-state index in [1.807, 2.05) is 24.3 Å². The van der Waals surface area contributed by atoms with Gasteiger partial charge in [0.25, 0.3) is 0 Å². The van der Waals surface area contributed by atoms with Gasteiger partial charge < -0.3 is 10.1 Å². The SMILES string of the molecule is CCCCOc1ccc(C2CC(C(=O)NCc3ccccc3F)NN2)cc1. The van der Waals surface area contributed by atoms with Crippen molar-refractivity contribution >= 4 is 5.91 Å². The standard InChI is InChI=1S/C21H26FN3O2/c1-2-3-12-27-17-10-8-15(9-11-17)19-13-20(25-24-19)21(26)23-14-16-6-4-5-7-18(16)22/h4-11,19-20,24-25H,2-3,12-14H2,1H3,(H,23,26). The first kappa shape index (κ1) is 19.3. The van der Waals surface area contributed by atoms with Crippen LogP contribution < -0.4 is 20.9 Å². The Bertz CT molecular complexity index is 751. The molecule has 1 aliphatic heterocycles. The van der Waals surface area contributed by atoms with Gasteiger partial charge in [0, 0.05) is 18.2 Å². The lowest BCUT2D eigenvalue weighted by atomic mass is 10.0. The lowest BCUT2D eigenvalue weighted by Crippen LogP contribution is -2.42. The van der Waals surface area contributed by atoms with Crippen molar-refractivity contribution in [3.8, 4) is 5.75 Å². The second kappa shape index (κ2) is 9.48. The molecule has 27 heavy (non-hydrogen) atoms. The van der Waals surface area contributed by atoms with Crippen LogP contribution in [0.3, 0.4) is 0 Å². The highest BCUT2D eigenvalue weighted by atomic mass is 19.1. The molecule has 3 N–H and O–H groups in total. The zero-order valence-corrected chi connectivity index (χ0v) is 15.5. The first-order valence-electron chi connectivity index (χ1n) is 9.42. The number of amides is 1. The van der Waals surface area contributed by atoms with E-state index in [0.29, 0.717) is 12.0 Å². The van der Waals surface area contributed by atoms with E-state index in [2.05, 4.69) is 23.1 Å². The van der Waals surface area contributed by atoms with Crippen molar-refractivity contribution in [3.63, 3.8) is 0 Å². The number of hydrogen-bond acceptors (Lipinski definition) is 4. The summed E-state index contributed by atoms with van der Waals surface area (Å²) in [7, 11) is 0. The molecule has 6 heteroatoms. The molecule has 0 radical (unpaired) electrons. The Kier molecular flexibility index (Phi) is 6.79. The molecule has 1 fully saturated rings. The van der Waals surface area contributed by atoms with Gasteiger partial charge in [0.1, 0.15) is 17.6 Å². The molecule has 144 valence electrons. The summed E-state index contributed by atoms with van der Waals surface area (Å²) in [6.07, 6.45) is 2.77. The van der Waals surface area contributed by atoms with Crippen LogP contribution in [-0.2, 0) is 11.3 Å². The minimum absolute atomic E-state index is 0.0407. The fourth-order valence-corrected chi connectivity index (χ4v) is 3.02. The number of carbonyl (C=O) groups excluding carboxylic acids is 1. The molecule has 1 aliphatic rings. The molecule has 0 aliphatic carbocycles. The van der Waals surface area contributed by atoms with Crippen molar-refractivity contribution in [2.45, 2.75) is 44.8 Å². The summed E-state index contributed by atoms with van der Waals surface area (Å²) in [6.45, 7) is 3.04. The molecule has 0 saturated carbocycles. The summed E-state index contributed by atoms with van der Waals surface area (Å²) in [5.74, 6) is 0.402. The molecule has 2 atom stereocenters. The Morgan fingerprint density at radius 1 is 1.19 bits per heavy atom. The number of ether oxygens (including phenoxy) is 1. The van der Waals surface area contributed by atoms with Crippen LogP contribution in [0.1, 0.15) is 43.4 Å². The van der Waals surface area contributed by atoms with Gasteiger partial charge in [-0.05, 0) is 36.6 Å². The van der Waals surface area contributed by atoms with Crippen LogP contribution in [-0.4, -0.2) is 18.6 Å². The van der Waals surface area contributed by atoms with Crippen LogP contribution in [0.15, 0.2) is 48.5 Å². The molecule has 2 aromatic carbocycles. The van der Waals surface area contributed by atoms with Gasteiger partial charge >= 0.3 is 0 Å². The Hall–Kier alpha value is -2.44. The van der Waals surface area contributed by atoms with Gasteiger partial charge in [-0.2, -0.15) is 0 Å². The van der Waals surface area contributed by atoms with E-state index in [0.717, 1.165) is 30.8 Å². The van der Waals surface area contributed by atoms with Crippen LogP contribution in [0.2, 0.25) is 0 Å². The van der Waals surface area contributed by atoms with E-state index in [1.165, 1.54) is 6.07 Å². The van der Waals surface area contributed by atoms with Crippen LogP contribution in [0.25, 0.3) is 0 Å². The zero-order valence-electron chi connectivity index (χ0n) is 15.5. The number of hydrazine groups is 1. The minimum atomic E-state index is -0.359. The lowest BCUT2D eigenvalue weighted by Gasteiger charge is -2.12. The fraction of sp³-hybridized carbons (Fsp3) is 0.381. The van der Waals surface area contributed by atoms with E-state index >= 15 is 0 Å². The Morgan fingerprint density at radius 2 is 1.96 bits per heavy atom. The molecule has 1 amide bonds. The summed E-state index contributed by atoms with van der Waals surface area (Å²) in [4.78, 5) is 12.4. The zero-order chi connectivity index (χ0) is 19.1. The number of unbranched alkanes of at least 4 members (excludes halogenated alkanes) is 1. The molecular formula is C21H26FN3O2. The van der Waals surface area contributed by atoms with Gasteiger partial charge in [-0.25, -0.2) is 15.2 Å². The third kappa shape index (κ3) is 5.28. The van der Waals surface area contributed by atoms with Gasteiger partial charge in [0.2, 0.25) is 5.91 Å². The van der Waals surface area contributed by atoms with E-state index in [1.54, 1.807) is 18.2 Å². The fourth-order valence-electron chi connectivity index (χ4n) is 3.02. The summed E-state index contributed by atoms with van der Waals surface area (Å²) in [5, 5.41) is 2.79. The number of halogens is 1. The van der Waals surface area contributed by atoms with Crippen molar-refractivity contribution in [2.24, 2.45) is 0 Å². The van der Waals surface area contributed by atoms with E-state index < -0.39 is 0 Å². The molecule has 0 aromatic heterocycles. The maximum atomic E-state index is 13.6. The van der Waals surface area contributed by atoms with Crippen LogP contribution >= 0.6 is 0 Å². The Balaban J connectivity index is 1.49. The normalized spacial score (nSPS) is 19.0. The van der Waals surface area contributed by atoms with Gasteiger partial charge in [0.15, 0.2) is 0 Å². The number of nitrogens with one attached hydrogen (secondary N) is 3. The third-order valence-electron chi connectivity index (χ3n) is 4.68. The largest absolute Gasteiger partial charge is 0.494 e. The van der Waals surface area contributed by atoms with E-state index in [4.69, 9.17) is 4.74 Å². The first-order valence-corrected chi connectivity index (χ1v) is 9.42. The number of hydrogen-bond donors (Lipinski definition) is 3. The molecule has 0 spiro atoms. The third-order valence-corrected chi connectivity index (χ3v) is 4.68. The number of carbonyl (C=O) groups is 1. The average Bonchev–Trinajstić information content (AvgIpc) is 3.18. The molecular weight excluding hydrogens is 345 g/mol. The number of benzene rings is 2. The van der Waals surface area contributed by atoms with Crippen LogP contribution in [0, 0.1) is 5.82 Å². The Labute approximate surface area is 159 Å². The average molecular weight is 371 g/mol. The van der Waals surface area contributed by atoms with Gasteiger partial charge in [-0.1, -0.05) is 43.7 Å². The second-order valence-electron chi connectivity index (χ2n) is 6.71. The molecule has 1 saturated heterocycles. The molecule has 1 heterocycles. The molecule has 3 rings (SSSR count). The minimum Gasteiger partial charge on any atom is -0.494 e. The smallest absolute Gasteiger partial charge is 0.238 e. The monoisotopic (exact) mass is 371 g/mol. The lowest BCUT2D eigenvalue weighted by molar-refractivity contribution is -0.123. The van der Waals surface area contributed by atoms with Crippen molar-refractivity contribution in [3.05, 3.63) is 65.5 Å². The van der Waals surface area contributed by atoms with Crippen molar-refractivity contribution in [1.82, 2.24) is 16.2 Å². The Morgan fingerprint density at radius 3 is 2.70 bits per heavy atom. The summed E-state index contributed by atoms with van der Waals surface area (Å²) in [5.41, 5.74) is 7.76. The van der Waals surface area contributed by atoms with E-state index in [-0.39, 0.29) is 30.4 Å². The summed E-state index contributed by atoms with van der Waals surface area (Å²) in [6, 6.07) is 14.1. The van der Waals surface area contributed by atoms with E-state index in [9.17, 15) is 9.18 Å². The highest BCUT2D eigenvalue weighted by molar-refractivity contribution is 5.82. The van der Waals surface area contributed by atoms with Gasteiger partial charge in [0.05, 0.1) is 6.61 Å². The molecule has 2 aromatic rings. The van der Waals surface area contributed by atoms with Crippen molar-refractivity contribution < 1.29 is 13.9 Å². The van der Waals surface area contributed by atoms with Crippen LogP contribution in [0.5, 0.6) is 5.75 Å². The summed E-state index contributed by atoms with van der Waals surface area (Å²) < 4.78 is 19.3. The first-order chi connectivity index (χ1) is 13.2. The van der Waals surface area contributed by atoms with Crippen molar-refractivity contribution in [2.75, 3.05) is 6.61 Å². The maximum absolute atomic E-state index is 13.6. The van der Waals surface area contributed by atoms with Gasteiger partial charge in [-0.15, -0.1) is 0 Å². The molecule has 0 bridgehead atoms.